The van der Waals surface area contributed by atoms with E-state index in [2.05, 4.69) is 20.6 Å². The maximum absolute atomic E-state index is 12.6. The van der Waals surface area contributed by atoms with E-state index in [0.717, 1.165) is 16.9 Å². The predicted octanol–water partition coefficient (Wildman–Crippen LogP) is 3.84. The van der Waals surface area contributed by atoms with E-state index in [4.69, 9.17) is 9.84 Å². The van der Waals surface area contributed by atoms with Crippen LogP contribution in [0.3, 0.4) is 0 Å². The summed E-state index contributed by atoms with van der Waals surface area (Å²) in [4.78, 5) is 43.6. The fourth-order valence-electron chi connectivity index (χ4n) is 2.56. The number of aryl methyl sites for hydroxylation is 1. The number of anilines is 2. The molecule has 10 nitrogen and oxygen atoms in total. The van der Waals surface area contributed by atoms with Gasteiger partial charge in [0.2, 0.25) is 10.8 Å². The maximum atomic E-state index is 12.6. The molecule has 0 saturated heterocycles. The molecule has 3 N–H and O–H groups in total. The Bertz CT molecular complexity index is 1130. The van der Waals surface area contributed by atoms with E-state index in [1.807, 2.05) is 0 Å². The van der Waals surface area contributed by atoms with E-state index < -0.39 is 23.6 Å². The Kier molecular flexibility index (Phi) is 6.07. The molecule has 0 aliphatic carbocycles. The van der Waals surface area contributed by atoms with Crippen molar-refractivity contribution in [2.24, 2.45) is 7.05 Å². The van der Waals surface area contributed by atoms with Crippen LogP contribution < -0.4 is 10.6 Å². The van der Waals surface area contributed by atoms with Crippen molar-refractivity contribution < 1.29 is 24.2 Å². The van der Waals surface area contributed by atoms with Gasteiger partial charge in [0, 0.05) is 29.9 Å². The van der Waals surface area contributed by atoms with E-state index in [-0.39, 0.29) is 16.6 Å². The molecule has 2 heterocycles. The van der Waals surface area contributed by atoms with E-state index in [0.29, 0.717) is 11.4 Å². The molecule has 0 spiro atoms. The van der Waals surface area contributed by atoms with Gasteiger partial charge in [0.15, 0.2) is 5.82 Å². The van der Waals surface area contributed by atoms with Crippen LogP contribution >= 0.6 is 11.3 Å². The normalized spacial score (nSPS) is 11.1. The van der Waals surface area contributed by atoms with Gasteiger partial charge in [0.05, 0.1) is 5.69 Å². The van der Waals surface area contributed by atoms with Crippen LogP contribution in [-0.2, 0) is 11.8 Å². The van der Waals surface area contributed by atoms with Gasteiger partial charge in [0.25, 0.3) is 5.91 Å². The molecule has 162 valence electrons. The highest BCUT2D eigenvalue weighted by Gasteiger charge is 2.19. The first-order valence-electron chi connectivity index (χ1n) is 9.16. The number of amides is 2. The van der Waals surface area contributed by atoms with Crippen molar-refractivity contribution in [2.45, 2.75) is 26.4 Å². The van der Waals surface area contributed by atoms with Gasteiger partial charge in [-0.3, -0.25) is 10.1 Å². The van der Waals surface area contributed by atoms with E-state index in [9.17, 15) is 14.4 Å². The van der Waals surface area contributed by atoms with Gasteiger partial charge in [-0.2, -0.15) is 0 Å². The first-order valence-corrected chi connectivity index (χ1v) is 10.0. The molecule has 0 aliphatic heterocycles. The number of carboxylic acids is 1. The second-order valence-electron chi connectivity index (χ2n) is 7.56. The standard InChI is InChI=1S/C20H21N5O5S/c1-20(2,3)30-19(29)24-14-9-25(4)15(23-14)16(26)21-12-7-5-11(6-8-12)13-10-31-17(22-13)18(27)28/h5-10H,1-4H3,(H,21,26)(H,24,29)(H,27,28). The van der Waals surface area contributed by atoms with Crippen LogP contribution in [0.15, 0.2) is 35.8 Å². The molecule has 0 atom stereocenters. The lowest BCUT2D eigenvalue weighted by atomic mass is 10.1. The van der Waals surface area contributed by atoms with E-state index >= 15 is 0 Å². The molecule has 0 unspecified atom stereocenters. The fraction of sp³-hybridized carbons (Fsp3) is 0.250. The molecule has 11 heteroatoms. The van der Waals surface area contributed by atoms with Gasteiger partial charge in [-0.15, -0.1) is 11.3 Å². The summed E-state index contributed by atoms with van der Waals surface area (Å²) in [6, 6.07) is 6.81. The van der Waals surface area contributed by atoms with Gasteiger partial charge in [0.1, 0.15) is 5.60 Å². The largest absolute Gasteiger partial charge is 0.476 e. The summed E-state index contributed by atoms with van der Waals surface area (Å²) >= 11 is 1.05. The molecule has 1 aromatic carbocycles. The molecule has 2 amide bonds. The van der Waals surface area contributed by atoms with Crippen molar-refractivity contribution >= 4 is 40.8 Å². The number of hydrogen-bond donors (Lipinski definition) is 3. The highest BCUT2D eigenvalue weighted by Crippen LogP contribution is 2.24. The Morgan fingerprint density at radius 2 is 1.77 bits per heavy atom. The third-order valence-electron chi connectivity index (χ3n) is 3.83. The number of aromatic nitrogens is 3. The van der Waals surface area contributed by atoms with Gasteiger partial charge in [-0.25, -0.2) is 19.6 Å². The van der Waals surface area contributed by atoms with Gasteiger partial charge in [-0.1, -0.05) is 12.1 Å². The summed E-state index contributed by atoms with van der Waals surface area (Å²) in [6.07, 6.45) is 0.839. The summed E-state index contributed by atoms with van der Waals surface area (Å²) in [6.45, 7) is 5.23. The van der Waals surface area contributed by atoms with Crippen LogP contribution in [0.1, 0.15) is 41.2 Å². The molecule has 3 rings (SSSR count). The fourth-order valence-corrected chi connectivity index (χ4v) is 3.23. The Labute approximate surface area is 181 Å². The number of nitrogens with zero attached hydrogens (tertiary/aromatic N) is 3. The van der Waals surface area contributed by atoms with Crippen molar-refractivity contribution in [1.29, 1.82) is 0 Å². The van der Waals surface area contributed by atoms with Crippen LogP contribution in [0.5, 0.6) is 0 Å². The molecule has 2 aromatic heterocycles. The smallest absolute Gasteiger partial charge is 0.413 e. The zero-order valence-corrected chi connectivity index (χ0v) is 18.1. The summed E-state index contributed by atoms with van der Waals surface area (Å²) < 4.78 is 6.66. The molecule has 0 bridgehead atoms. The predicted molar refractivity (Wildman–Crippen MR) is 116 cm³/mol. The Morgan fingerprint density at radius 3 is 2.35 bits per heavy atom. The number of benzene rings is 1. The highest BCUT2D eigenvalue weighted by molar-refractivity contribution is 7.11. The SMILES string of the molecule is Cn1cc(NC(=O)OC(C)(C)C)nc1C(=O)Nc1ccc(-c2csc(C(=O)O)n2)cc1. The summed E-state index contributed by atoms with van der Waals surface area (Å²) in [5.41, 5.74) is 1.14. The van der Waals surface area contributed by atoms with Gasteiger partial charge in [-0.05, 0) is 32.9 Å². The van der Waals surface area contributed by atoms with E-state index in [1.54, 1.807) is 57.5 Å². The average Bonchev–Trinajstić information content (AvgIpc) is 3.28. The Balaban J connectivity index is 1.66. The number of carboxylic acid groups (broad SMARTS) is 1. The second-order valence-corrected chi connectivity index (χ2v) is 8.42. The third kappa shape index (κ3) is 5.66. The number of carbonyl (C=O) groups is 3. The molecule has 31 heavy (non-hydrogen) atoms. The Morgan fingerprint density at radius 1 is 1.10 bits per heavy atom. The van der Waals surface area contributed by atoms with Crippen molar-refractivity contribution in [2.75, 3.05) is 10.6 Å². The molecule has 0 radical (unpaired) electrons. The molecule has 0 saturated carbocycles. The number of aromatic carboxylic acids is 1. The maximum Gasteiger partial charge on any atom is 0.413 e. The lowest BCUT2D eigenvalue weighted by Gasteiger charge is -2.18. The summed E-state index contributed by atoms with van der Waals surface area (Å²) in [5.74, 6) is -1.25. The van der Waals surface area contributed by atoms with Gasteiger partial charge < -0.3 is 19.7 Å². The zero-order valence-electron chi connectivity index (χ0n) is 17.3. The second kappa shape index (κ2) is 8.56. The Hall–Kier alpha value is -3.73. The monoisotopic (exact) mass is 443 g/mol. The van der Waals surface area contributed by atoms with Crippen LogP contribution in [-0.4, -0.2) is 43.2 Å². The minimum atomic E-state index is -1.07. The van der Waals surface area contributed by atoms with Crippen LogP contribution in [0, 0.1) is 0 Å². The first kappa shape index (κ1) is 22.0. The van der Waals surface area contributed by atoms with Crippen LogP contribution in [0.2, 0.25) is 0 Å². The van der Waals surface area contributed by atoms with Gasteiger partial charge >= 0.3 is 12.1 Å². The number of hydrogen-bond acceptors (Lipinski definition) is 7. The zero-order chi connectivity index (χ0) is 22.8. The number of imidazole rings is 1. The lowest BCUT2D eigenvalue weighted by Crippen LogP contribution is -2.27. The minimum Gasteiger partial charge on any atom is -0.476 e. The van der Waals surface area contributed by atoms with Crippen LogP contribution in [0.25, 0.3) is 11.3 Å². The lowest BCUT2D eigenvalue weighted by molar-refractivity contribution is 0.0633. The number of rotatable bonds is 5. The minimum absolute atomic E-state index is 0.0120. The van der Waals surface area contributed by atoms with Crippen LogP contribution in [0.4, 0.5) is 16.3 Å². The third-order valence-corrected chi connectivity index (χ3v) is 4.66. The topological polar surface area (TPSA) is 135 Å². The first-order chi connectivity index (χ1) is 14.5. The number of carbonyl (C=O) groups excluding carboxylic acids is 2. The van der Waals surface area contributed by atoms with E-state index in [1.165, 1.54) is 10.8 Å². The molecular weight excluding hydrogens is 422 g/mol. The van der Waals surface area contributed by atoms with Crippen molar-refractivity contribution in [1.82, 2.24) is 14.5 Å². The van der Waals surface area contributed by atoms with Crippen molar-refractivity contribution in [3.63, 3.8) is 0 Å². The molecule has 0 fully saturated rings. The summed E-state index contributed by atoms with van der Waals surface area (Å²) in [7, 11) is 1.63. The quantitative estimate of drug-likeness (QED) is 0.545. The number of nitrogens with one attached hydrogen (secondary N) is 2. The molecule has 3 aromatic rings. The highest BCUT2D eigenvalue weighted by atomic mass is 32.1. The summed E-state index contributed by atoms with van der Waals surface area (Å²) in [5, 5.41) is 15.9. The number of thiazole rings is 1. The average molecular weight is 443 g/mol. The number of ether oxygens (including phenoxy) is 1. The molecular formula is C20H21N5O5S. The van der Waals surface area contributed by atoms with Crippen molar-refractivity contribution in [3.05, 3.63) is 46.7 Å². The molecule has 0 aliphatic rings. The van der Waals surface area contributed by atoms with Crippen molar-refractivity contribution in [3.8, 4) is 11.3 Å².